The largest absolute Gasteiger partial charge is 0.493 e. The van der Waals surface area contributed by atoms with Crippen molar-refractivity contribution in [2.75, 3.05) is 12.4 Å². The molecule has 3 atom stereocenters. The number of aliphatic hydroxyl groups is 1. The fourth-order valence-corrected chi connectivity index (χ4v) is 3.83. The van der Waals surface area contributed by atoms with E-state index in [2.05, 4.69) is 10.3 Å². The van der Waals surface area contributed by atoms with Gasteiger partial charge in [0, 0.05) is 23.4 Å². The molecule has 172 valence electrons. The van der Waals surface area contributed by atoms with Crippen LogP contribution < -0.4 is 10.1 Å². The number of amides is 1. The second-order valence-corrected chi connectivity index (χ2v) is 8.12. The smallest absolute Gasteiger partial charge is 0.422 e. The van der Waals surface area contributed by atoms with E-state index in [0.717, 1.165) is 0 Å². The van der Waals surface area contributed by atoms with Gasteiger partial charge in [0.25, 0.3) is 0 Å². The van der Waals surface area contributed by atoms with E-state index in [-0.39, 0.29) is 34.4 Å². The van der Waals surface area contributed by atoms with Gasteiger partial charge in [-0.05, 0) is 35.7 Å². The Kier molecular flexibility index (Phi) is 6.53. The zero-order valence-corrected chi connectivity index (χ0v) is 18.2. The molecule has 0 radical (unpaired) electrons. The highest BCUT2D eigenvalue weighted by molar-refractivity contribution is 6.30. The molecule has 0 saturated carbocycles. The quantitative estimate of drug-likeness (QED) is 0.436. The first kappa shape index (κ1) is 24.0. The van der Waals surface area contributed by atoms with Crippen molar-refractivity contribution < 1.29 is 32.2 Å². The summed E-state index contributed by atoms with van der Waals surface area (Å²) in [6.07, 6.45) is -4.53. The van der Waals surface area contributed by atoms with Gasteiger partial charge in [-0.3, -0.25) is 9.79 Å². The van der Waals surface area contributed by atoms with Crippen LogP contribution in [0, 0.1) is 11.7 Å². The molecule has 0 fully saturated rings. The Balaban J connectivity index is 1.97. The number of methoxy groups -OCH3 is 1. The number of rotatable bonds is 6. The van der Waals surface area contributed by atoms with Crippen LogP contribution in [0.2, 0.25) is 5.02 Å². The van der Waals surface area contributed by atoms with Gasteiger partial charge in [0.2, 0.25) is 5.91 Å². The Labute approximate surface area is 187 Å². The lowest BCUT2D eigenvalue weighted by atomic mass is 9.76. The van der Waals surface area contributed by atoms with Crippen molar-refractivity contribution in [2.45, 2.75) is 38.0 Å². The Bertz CT molecular complexity index is 1070. The summed E-state index contributed by atoms with van der Waals surface area (Å²) < 4.78 is 61.4. The minimum atomic E-state index is -5.07. The Morgan fingerprint density at radius 1 is 1.25 bits per heavy atom. The maximum atomic E-state index is 14.3. The van der Waals surface area contributed by atoms with Crippen molar-refractivity contribution in [3.63, 3.8) is 0 Å². The zero-order chi connectivity index (χ0) is 23.8. The van der Waals surface area contributed by atoms with Crippen LogP contribution in [0.5, 0.6) is 5.75 Å². The Morgan fingerprint density at radius 3 is 2.56 bits per heavy atom. The number of aliphatic imine (C=N–C) groups is 1. The van der Waals surface area contributed by atoms with Crippen LogP contribution in [0.25, 0.3) is 0 Å². The molecule has 0 saturated heterocycles. The summed E-state index contributed by atoms with van der Waals surface area (Å²) in [5, 5.41) is 13.1. The molecule has 0 spiro atoms. The summed E-state index contributed by atoms with van der Waals surface area (Å²) >= 11 is 5.75. The van der Waals surface area contributed by atoms with Crippen LogP contribution in [0.1, 0.15) is 30.9 Å². The lowest BCUT2D eigenvalue weighted by molar-refractivity contribution is -0.246. The SMILES string of the molecule is COc1c(C(C)C(C)C(O)(/C=N/c2ccc3c(c2)CC(=O)N3)C(F)(F)F)ccc(Cl)c1F. The summed E-state index contributed by atoms with van der Waals surface area (Å²) in [5.74, 6) is -3.86. The maximum Gasteiger partial charge on any atom is 0.422 e. The van der Waals surface area contributed by atoms with E-state index >= 15 is 0 Å². The molecule has 0 aliphatic carbocycles. The van der Waals surface area contributed by atoms with Crippen molar-refractivity contribution in [1.82, 2.24) is 0 Å². The molecular formula is C22H21ClF4N2O3. The standard InChI is InChI=1S/C22H21ClF4N2O3/c1-11(15-5-6-16(23)19(24)20(15)32-3)12(2)21(31,22(25,26)27)10-28-14-4-7-17-13(8-14)9-18(30)29-17/h4-8,10-12,31H,9H2,1-3H3,(H,29,30)/b28-10+. The monoisotopic (exact) mass is 472 g/mol. The summed E-state index contributed by atoms with van der Waals surface area (Å²) in [6.45, 7) is 2.62. The van der Waals surface area contributed by atoms with Gasteiger partial charge in [-0.15, -0.1) is 0 Å². The fourth-order valence-electron chi connectivity index (χ4n) is 3.68. The van der Waals surface area contributed by atoms with E-state index < -0.39 is 29.4 Å². The molecular weight excluding hydrogens is 452 g/mol. The summed E-state index contributed by atoms with van der Waals surface area (Å²) in [7, 11) is 1.18. The maximum absolute atomic E-state index is 14.3. The summed E-state index contributed by atoms with van der Waals surface area (Å²) in [4.78, 5) is 15.3. The van der Waals surface area contributed by atoms with Crippen molar-refractivity contribution in [3.05, 3.63) is 52.3 Å². The number of carbonyl (C=O) groups is 1. The molecule has 1 heterocycles. The van der Waals surface area contributed by atoms with Crippen LogP contribution in [-0.4, -0.2) is 36.1 Å². The molecule has 10 heteroatoms. The average Bonchev–Trinajstić information content (AvgIpc) is 3.11. The highest BCUT2D eigenvalue weighted by atomic mass is 35.5. The molecule has 32 heavy (non-hydrogen) atoms. The Hall–Kier alpha value is -2.65. The molecule has 2 N–H and O–H groups in total. The van der Waals surface area contributed by atoms with Crippen LogP contribution in [0.4, 0.5) is 28.9 Å². The molecule has 3 rings (SSSR count). The van der Waals surface area contributed by atoms with Gasteiger partial charge >= 0.3 is 6.18 Å². The van der Waals surface area contributed by atoms with E-state index in [1.54, 1.807) is 0 Å². The van der Waals surface area contributed by atoms with Gasteiger partial charge in [0.05, 0.1) is 24.2 Å². The topological polar surface area (TPSA) is 70.9 Å². The number of alkyl halides is 3. The number of nitrogens with one attached hydrogen (secondary N) is 1. The molecule has 0 bridgehead atoms. The number of nitrogens with zero attached hydrogens (tertiary/aromatic N) is 1. The third-order valence-electron chi connectivity index (χ3n) is 5.80. The van der Waals surface area contributed by atoms with Gasteiger partial charge in [-0.2, -0.15) is 13.2 Å². The molecule has 0 aromatic heterocycles. The number of anilines is 1. The van der Waals surface area contributed by atoms with E-state index in [1.165, 1.54) is 51.3 Å². The lowest BCUT2D eigenvalue weighted by Crippen LogP contribution is -2.53. The number of hydrogen-bond donors (Lipinski definition) is 2. The van der Waals surface area contributed by atoms with E-state index in [9.17, 15) is 27.5 Å². The molecule has 2 aromatic carbocycles. The lowest BCUT2D eigenvalue weighted by Gasteiger charge is -2.36. The summed E-state index contributed by atoms with van der Waals surface area (Å²) in [6, 6.07) is 7.03. The van der Waals surface area contributed by atoms with E-state index in [1.807, 2.05) is 0 Å². The first-order valence-corrected chi connectivity index (χ1v) is 10.1. The van der Waals surface area contributed by atoms with Gasteiger partial charge in [0.1, 0.15) is 0 Å². The number of fused-ring (bicyclic) bond motifs is 1. The Morgan fingerprint density at radius 2 is 1.94 bits per heavy atom. The van der Waals surface area contributed by atoms with E-state index in [4.69, 9.17) is 16.3 Å². The third kappa shape index (κ3) is 4.31. The van der Waals surface area contributed by atoms with Crippen molar-refractivity contribution >= 4 is 35.1 Å². The van der Waals surface area contributed by atoms with Crippen molar-refractivity contribution in [1.29, 1.82) is 0 Å². The predicted molar refractivity (Wildman–Crippen MR) is 113 cm³/mol. The first-order chi connectivity index (χ1) is 14.9. The zero-order valence-electron chi connectivity index (χ0n) is 17.4. The highest BCUT2D eigenvalue weighted by Crippen LogP contribution is 2.45. The average molecular weight is 473 g/mol. The van der Waals surface area contributed by atoms with Crippen LogP contribution in [0.3, 0.4) is 0 Å². The first-order valence-electron chi connectivity index (χ1n) is 9.68. The molecule has 1 amide bonds. The van der Waals surface area contributed by atoms with Gasteiger partial charge < -0.3 is 15.2 Å². The molecule has 1 aliphatic heterocycles. The number of benzene rings is 2. The molecule has 2 aromatic rings. The second-order valence-electron chi connectivity index (χ2n) is 7.71. The third-order valence-corrected chi connectivity index (χ3v) is 6.09. The number of carbonyl (C=O) groups excluding carboxylic acids is 1. The minimum Gasteiger partial charge on any atom is -0.493 e. The van der Waals surface area contributed by atoms with Gasteiger partial charge in [-0.1, -0.05) is 31.5 Å². The number of hydrogen-bond acceptors (Lipinski definition) is 4. The molecule has 3 unspecified atom stereocenters. The highest BCUT2D eigenvalue weighted by Gasteiger charge is 2.57. The van der Waals surface area contributed by atoms with Crippen LogP contribution in [-0.2, 0) is 11.2 Å². The van der Waals surface area contributed by atoms with Gasteiger partial charge in [-0.25, -0.2) is 4.39 Å². The summed E-state index contributed by atoms with van der Waals surface area (Å²) in [5.41, 5.74) is -1.89. The predicted octanol–water partition coefficient (Wildman–Crippen LogP) is 5.42. The van der Waals surface area contributed by atoms with Crippen molar-refractivity contribution in [2.24, 2.45) is 10.9 Å². The fraction of sp³-hybridized carbons (Fsp3) is 0.364. The molecule has 1 aliphatic rings. The minimum absolute atomic E-state index is 0.0948. The second kappa shape index (κ2) is 8.71. The van der Waals surface area contributed by atoms with Crippen molar-refractivity contribution in [3.8, 4) is 5.75 Å². The van der Waals surface area contributed by atoms with Crippen LogP contribution >= 0.6 is 11.6 Å². The van der Waals surface area contributed by atoms with E-state index in [0.29, 0.717) is 17.5 Å². The normalized spacial score (nSPS) is 17.6. The number of ether oxygens (including phenoxy) is 1. The number of halogens is 5. The van der Waals surface area contributed by atoms with Crippen LogP contribution in [0.15, 0.2) is 35.3 Å². The van der Waals surface area contributed by atoms with Gasteiger partial charge in [0.15, 0.2) is 17.2 Å². The molecule has 5 nitrogen and oxygen atoms in total.